The highest BCUT2D eigenvalue weighted by Gasteiger charge is 2.53. The van der Waals surface area contributed by atoms with Crippen LogP contribution in [0.25, 0.3) is 0 Å². The van der Waals surface area contributed by atoms with Crippen molar-refractivity contribution < 1.29 is 9.59 Å². The molecule has 0 radical (unpaired) electrons. The Balaban J connectivity index is 1.74. The van der Waals surface area contributed by atoms with Gasteiger partial charge in [0.1, 0.15) is 6.29 Å². The van der Waals surface area contributed by atoms with E-state index in [9.17, 15) is 9.59 Å². The lowest BCUT2D eigenvalue weighted by atomic mass is 9.67. The molecule has 25 heavy (non-hydrogen) atoms. The average Bonchev–Trinajstić information content (AvgIpc) is 2.68. The molecule has 4 rings (SSSR count). The summed E-state index contributed by atoms with van der Waals surface area (Å²) >= 11 is 0. The Bertz CT molecular complexity index is 784. The van der Waals surface area contributed by atoms with E-state index in [0.29, 0.717) is 0 Å². The molecule has 0 N–H and O–H groups in total. The molecule has 1 saturated heterocycles. The fourth-order valence-corrected chi connectivity index (χ4v) is 4.19. The van der Waals surface area contributed by atoms with E-state index in [1.165, 1.54) is 0 Å². The van der Waals surface area contributed by atoms with Gasteiger partial charge in [0.25, 0.3) is 0 Å². The maximum atomic E-state index is 13.1. The molecule has 2 aliphatic rings. The van der Waals surface area contributed by atoms with Crippen molar-refractivity contribution in [3.63, 3.8) is 0 Å². The second kappa shape index (κ2) is 6.67. The highest BCUT2D eigenvalue weighted by Crippen LogP contribution is 2.49. The van der Waals surface area contributed by atoms with Crippen LogP contribution in [-0.4, -0.2) is 12.2 Å². The molecule has 1 fully saturated rings. The predicted molar refractivity (Wildman–Crippen MR) is 98.0 cm³/mol. The summed E-state index contributed by atoms with van der Waals surface area (Å²) < 4.78 is 0. The van der Waals surface area contributed by atoms with Crippen molar-refractivity contribution >= 4 is 17.9 Å². The standard InChI is InChI=1S/C22H21NO2/c24-15-17-11-7-8-14-19(17)20-21(16-9-3-1-4-10-16)23(22(20)25)18-12-5-2-6-13-18/h1-6,8-10,12-15,17,19-21H,7,11H2/t17-,19-,20+,21-/m1/s1. The summed E-state index contributed by atoms with van der Waals surface area (Å²) in [6.07, 6.45) is 6.99. The van der Waals surface area contributed by atoms with Gasteiger partial charge in [-0.25, -0.2) is 0 Å². The number of amides is 1. The number of benzene rings is 2. The van der Waals surface area contributed by atoms with Gasteiger partial charge in [0, 0.05) is 17.5 Å². The number of carbonyl (C=O) groups is 2. The number of hydrogen-bond acceptors (Lipinski definition) is 2. The van der Waals surface area contributed by atoms with Gasteiger partial charge in [-0.05, 0) is 30.5 Å². The zero-order valence-corrected chi connectivity index (χ0v) is 14.0. The summed E-state index contributed by atoms with van der Waals surface area (Å²) in [5, 5.41) is 0. The van der Waals surface area contributed by atoms with Crippen LogP contribution in [0.4, 0.5) is 5.69 Å². The van der Waals surface area contributed by atoms with Crippen LogP contribution in [0.2, 0.25) is 0 Å². The predicted octanol–water partition coefficient (Wildman–Crippen LogP) is 4.17. The molecule has 1 amide bonds. The van der Waals surface area contributed by atoms with Gasteiger partial charge in [0.15, 0.2) is 0 Å². The van der Waals surface area contributed by atoms with Gasteiger partial charge in [-0.2, -0.15) is 0 Å². The van der Waals surface area contributed by atoms with Gasteiger partial charge in [0.2, 0.25) is 5.91 Å². The zero-order valence-electron chi connectivity index (χ0n) is 14.0. The van der Waals surface area contributed by atoms with Crippen LogP contribution in [-0.2, 0) is 9.59 Å². The molecule has 4 atom stereocenters. The Labute approximate surface area is 148 Å². The van der Waals surface area contributed by atoms with Crippen molar-refractivity contribution in [1.82, 2.24) is 0 Å². The van der Waals surface area contributed by atoms with Crippen molar-refractivity contribution in [2.45, 2.75) is 18.9 Å². The Kier molecular flexibility index (Phi) is 4.22. The molecule has 0 unspecified atom stereocenters. The molecule has 2 aromatic carbocycles. The Morgan fingerprint density at radius 3 is 2.32 bits per heavy atom. The number of rotatable bonds is 4. The smallest absolute Gasteiger partial charge is 0.233 e. The molecular formula is C22H21NO2. The molecule has 126 valence electrons. The summed E-state index contributed by atoms with van der Waals surface area (Å²) in [6.45, 7) is 0. The lowest BCUT2D eigenvalue weighted by Crippen LogP contribution is -2.59. The first kappa shape index (κ1) is 15.8. The van der Waals surface area contributed by atoms with Crippen molar-refractivity contribution in [1.29, 1.82) is 0 Å². The van der Waals surface area contributed by atoms with Crippen LogP contribution in [0, 0.1) is 17.8 Å². The number of anilines is 1. The summed E-state index contributed by atoms with van der Waals surface area (Å²) in [7, 11) is 0. The number of carbonyl (C=O) groups excluding carboxylic acids is 2. The average molecular weight is 331 g/mol. The van der Waals surface area contributed by atoms with Crippen molar-refractivity contribution in [2.75, 3.05) is 4.90 Å². The van der Waals surface area contributed by atoms with Crippen molar-refractivity contribution in [2.24, 2.45) is 17.8 Å². The molecule has 1 aliphatic carbocycles. The number of nitrogens with zero attached hydrogens (tertiary/aromatic N) is 1. The van der Waals surface area contributed by atoms with Crippen LogP contribution in [0.3, 0.4) is 0 Å². The zero-order chi connectivity index (χ0) is 17.2. The van der Waals surface area contributed by atoms with Crippen molar-refractivity contribution in [3.05, 3.63) is 78.4 Å². The van der Waals surface area contributed by atoms with E-state index < -0.39 is 0 Å². The van der Waals surface area contributed by atoms with E-state index in [4.69, 9.17) is 0 Å². The first-order valence-corrected chi connectivity index (χ1v) is 8.86. The normalized spacial score (nSPS) is 28.5. The second-order valence-electron chi connectivity index (χ2n) is 6.81. The molecule has 0 spiro atoms. The van der Waals surface area contributed by atoms with Gasteiger partial charge in [0.05, 0.1) is 12.0 Å². The first-order chi connectivity index (χ1) is 12.3. The highest BCUT2D eigenvalue weighted by atomic mass is 16.2. The summed E-state index contributed by atoms with van der Waals surface area (Å²) in [4.78, 5) is 26.5. The Morgan fingerprint density at radius 1 is 0.960 bits per heavy atom. The number of allylic oxidation sites excluding steroid dienone is 2. The van der Waals surface area contributed by atoms with Crippen LogP contribution >= 0.6 is 0 Å². The molecule has 0 bridgehead atoms. The van der Waals surface area contributed by atoms with Gasteiger partial charge < -0.3 is 9.69 Å². The fourth-order valence-electron chi connectivity index (χ4n) is 4.19. The van der Waals surface area contributed by atoms with Gasteiger partial charge >= 0.3 is 0 Å². The van der Waals surface area contributed by atoms with E-state index >= 15 is 0 Å². The summed E-state index contributed by atoms with van der Waals surface area (Å²) in [5.41, 5.74) is 2.04. The topological polar surface area (TPSA) is 37.4 Å². The third-order valence-corrected chi connectivity index (χ3v) is 5.43. The molecule has 0 saturated carbocycles. The lowest BCUT2D eigenvalue weighted by molar-refractivity contribution is -0.134. The van der Waals surface area contributed by atoms with Crippen LogP contribution in [0.5, 0.6) is 0 Å². The van der Waals surface area contributed by atoms with Crippen molar-refractivity contribution in [3.8, 4) is 0 Å². The number of hydrogen-bond donors (Lipinski definition) is 0. The van der Waals surface area contributed by atoms with E-state index in [-0.39, 0.29) is 29.7 Å². The second-order valence-corrected chi connectivity index (χ2v) is 6.81. The molecule has 1 heterocycles. The Morgan fingerprint density at radius 2 is 1.64 bits per heavy atom. The largest absolute Gasteiger partial charge is 0.304 e. The minimum absolute atomic E-state index is 0.0103. The van der Waals surface area contributed by atoms with Gasteiger partial charge in [-0.3, -0.25) is 4.79 Å². The van der Waals surface area contributed by atoms with E-state index in [0.717, 1.165) is 30.4 Å². The quantitative estimate of drug-likeness (QED) is 0.479. The SMILES string of the molecule is O=C[C@H]1CCC=C[C@H]1[C@@H]1C(=O)N(c2ccccc2)[C@@H]1c1ccccc1. The molecule has 2 aromatic rings. The molecule has 3 heteroatoms. The Hall–Kier alpha value is -2.68. The molecule has 0 aromatic heterocycles. The number of β-lactam (4-membered cyclic amide) rings is 1. The fraction of sp³-hybridized carbons (Fsp3) is 0.273. The van der Waals surface area contributed by atoms with Gasteiger partial charge in [-0.15, -0.1) is 0 Å². The van der Waals surface area contributed by atoms with Crippen LogP contribution in [0.15, 0.2) is 72.8 Å². The maximum Gasteiger partial charge on any atom is 0.233 e. The third kappa shape index (κ3) is 2.70. The molecular weight excluding hydrogens is 310 g/mol. The van der Waals surface area contributed by atoms with E-state index in [2.05, 4.69) is 24.3 Å². The van der Waals surface area contributed by atoms with E-state index in [1.54, 1.807) is 0 Å². The van der Waals surface area contributed by atoms with Crippen LogP contribution < -0.4 is 4.90 Å². The summed E-state index contributed by atoms with van der Waals surface area (Å²) in [6, 6.07) is 19.9. The highest BCUT2D eigenvalue weighted by molar-refractivity contribution is 6.03. The number of para-hydroxylation sites is 1. The summed E-state index contributed by atoms with van der Waals surface area (Å²) in [5.74, 6) is -0.134. The van der Waals surface area contributed by atoms with Gasteiger partial charge in [-0.1, -0.05) is 60.7 Å². The van der Waals surface area contributed by atoms with Crippen LogP contribution in [0.1, 0.15) is 24.4 Å². The lowest BCUT2D eigenvalue weighted by Gasteiger charge is -2.51. The maximum absolute atomic E-state index is 13.1. The molecule has 3 nitrogen and oxygen atoms in total. The number of aldehydes is 1. The minimum atomic E-state index is -0.172. The molecule has 1 aliphatic heterocycles. The minimum Gasteiger partial charge on any atom is -0.304 e. The monoisotopic (exact) mass is 331 g/mol. The third-order valence-electron chi connectivity index (χ3n) is 5.43. The first-order valence-electron chi connectivity index (χ1n) is 8.86. The van der Waals surface area contributed by atoms with E-state index in [1.807, 2.05) is 53.4 Å².